The summed E-state index contributed by atoms with van der Waals surface area (Å²) in [4.78, 5) is 48.3. The fourth-order valence-electron chi connectivity index (χ4n) is 2.93. The molecular formula is C19H17N3O5. The van der Waals surface area contributed by atoms with Crippen LogP contribution in [0.2, 0.25) is 0 Å². The summed E-state index contributed by atoms with van der Waals surface area (Å²) in [5, 5.41) is 13.8. The minimum Gasteiger partial charge on any atom is -0.325 e. The number of rotatable bonds is 5. The van der Waals surface area contributed by atoms with Crippen LogP contribution in [0, 0.1) is 10.1 Å². The predicted octanol–water partition coefficient (Wildman–Crippen LogP) is 2.95. The Morgan fingerprint density at radius 1 is 1.15 bits per heavy atom. The number of nitro groups is 1. The van der Waals surface area contributed by atoms with Gasteiger partial charge in [0.2, 0.25) is 5.91 Å². The van der Waals surface area contributed by atoms with E-state index >= 15 is 0 Å². The molecule has 0 saturated carbocycles. The standard InChI is InChI=1S/C19H17N3O5/c1-11(2)12-5-3-6-13(9-12)20-16(23)10-21-18(24)14-7-4-8-15(22(26)27)17(14)19(21)25/h3-9,11H,10H2,1-2H3,(H,20,23). The first-order valence-corrected chi connectivity index (χ1v) is 8.33. The summed E-state index contributed by atoms with van der Waals surface area (Å²) in [5.41, 5.74) is 0.794. The summed E-state index contributed by atoms with van der Waals surface area (Å²) in [5.74, 6) is -1.84. The first kappa shape index (κ1) is 18.2. The molecule has 2 aromatic carbocycles. The number of hydrogen-bond donors (Lipinski definition) is 1. The number of carbonyl (C=O) groups excluding carboxylic acids is 3. The smallest absolute Gasteiger partial charge is 0.282 e. The van der Waals surface area contributed by atoms with Crippen molar-refractivity contribution in [1.82, 2.24) is 4.90 Å². The van der Waals surface area contributed by atoms with E-state index in [1.165, 1.54) is 12.1 Å². The van der Waals surface area contributed by atoms with Crippen LogP contribution in [-0.4, -0.2) is 34.1 Å². The van der Waals surface area contributed by atoms with Gasteiger partial charge in [-0.15, -0.1) is 0 Å². The normalized spacial score (nSPS) is 13.1. The molecule has 27 heavy (non-hydrogen) atoms. The fraction of sp³-hybridized carbons (Fsp3) is 0.211. The number of anilines is 1. The number of amides is 3. The van der Waals surface area contributed by atoms with Gasteiger partial charge in [-0.3, -0.25) is 29.4 Å². The Bertz CT molecular complexity index is 968. The minimum absolute atomic E-state index is 0.0659. The highest BCUT2D eigenvalue weighted by molar-refractivity contribution is 6.24. The highest BCUT2D eigenvalue weighted by Crippen LogP contribution is 2.30. The molecular weight excluding hydrogens is 350 g/mol. The zero-order chi connectivity index (χ0) is 19.7. The van der Waals surface area contributed by atoms with Crippen molar-refractivity contribution < 1.29 is 19.3 Å². The molecule has 0 radical (unpaired) electrons. The third kappa shape index (κ3) is 3.41. The van der Waals surface area contributed by atoms with Gasteiger partial charge in [0.05, 0.1) is 10.5 Å². The number of imide groups is 1. The molecule has 0 aliphatic carbocycles. The van der Waals surface area contributed by atoms with Crippen LogP contribution in [0.5, 0.6) is 0 Å². The van der Waals surface area contributed by atoms with Crippen LogP contribution >= 0.6 is 0 Å². The first-order chi connectivity index (χ1) is 12.8. The van der Waals surface area contributed by atoms with Gasteiger partial charge in [0.25, 0.3) is 17.5 Å². The molecule has 0 unspecified atom stereocenters. The second kappa shape index (κ2) is 6.99. The van der Waals surface area contributed by atoms with Crippen LogP contribution in [0.3, 0.4) is 0 Å². The van der Waals surface area contributed by atoms with Crippen molar-refractivity contribution >= 4 is 29.1 Å². The van der Waals surface area contributed by atoms with Crippen LogP contribution in [0.25, 0.3) is 0 Å². The molecule has 2 aromatic rings. The van der Waals surface area contributed by atoms with Gasteiger partial charge in [-0.25, -0.2) is 0 Å². The summed E-state index contributed by atoms with van der Waals surface area (Å²) >= 11 is 0. The van der Waals surface area contributed by atoms with Crippen molar-refractivity contribution in [2.75, 3.05) is 11.9 Å². The lowest BCUT2D eigenvalue weighted by Crippen LogP contribution is -2.37. The number of carbonyl (C=O) groups is 3. The number of hydrogen-bond acceptors (Lipinski definition) is 5. The van der Waals surface area contributed by atoms with E-state index in [2.05, 4.69) is 5.32 Å². The number of fused-ring (bicyclic) bond motifs is 1. The van der Waals surface area contributed by atoms with Crippen molar-refractivity contribution in [1.29, 1.82) is 0 Å². The molecule has 0 aromatic heterocycles. The van der Waals surface area contributed by atoms with Crippen molar-refractivity contribution in [2.24, 2.45) is 0 Å². The number of nitrogens with zero attached hydrogens (tertiary/aromatic N) is 2. The highest BCUT2D eigenvalue weighted by atomic mass is 16.6. The van der Waals surface area contributed by atoms with E-state index in [4.69, 9.17) is 0 Å². The molecule has 0 spiro atoms. The van der Waals surface area contributed by atoms with Crippen LogP contribution < -0.4 is 5.32 Å². The van der Waals surface area contributed by atoms with E-state index in [9.17, 15) is 24.5 Å². The van der Waals surface area contributed by atoms with Gasteiger partial charge < -0.3 is 5.32 Å². The average Bonchev–Trinajstić information content (AvgIpc) is 2.86. The summed E-state index contributed by atoms with van der Waals surface area (Å²) < 4.78 is 0. The zero-order valence-electron chi connectivity index (χ0n) is 14.8. The van der Waals surface area contributed by atoms with E-state index in [0.717, 1.165) is 16.5 Å². The third-order valence-corrected chi connectivity index (χ3v) is 4.31. The maximum Gasteiger partial charge on any atom is 0.282 e. The largest absolute Gasteiger partial charge is 0.325 e. The molecule has 8 heteroatoms. The maximum atomic E-state index is 12.5. The third-order valence-electron chi connectivity index (χ3n) is 4.31. The van der Waals surface area contributed by atoms with Gasteiger partial charge in [0, 0.05) is 11.8 Å². The van der Waals surface area contributed by atoms with Gasteiger partial charge in [0.1, 0.15) is 12.1 Å². The Kier molecular flexibility index (Phi) is 4.72. The van der Waals surface area contributed by atoms with Gasteiger partial charge in [-0.2, -0.15) is 0 Å². The molecule has 138 valence electrons. The SMILES string of the molecule is CC(C)c1cccc(NC(=O)CN2C(=O)c3cccc([N+](=O)[O-])c3C2=O)c1. The molecule has 1 N–H and O–H groups in total. The fourth-order valence-corrected chi connectivity index (χ4v) is 2.93. The predicted molar refractivity (Wildman–Crippen MR) is 97.6 cm³/mol. The molecule has 1 heterocycles. The van der Waals surface area contributed by atoms with E-state index < -0.39 is 34.9 Å². The average molecular weight is 367 g/mol. The number of nitrogens with one attached hydrogen (secondary N) is 1. The van der Waals surface area contributed by atoms with Gasteiger partial charge in [0.15, 0.2) is 0 Å². The number of benzene rings is 2. The summed E-state index contributed by atoms with van der Waals surface area (Å²) in [6.07, 6.45) is 0. The molecule has 1 aliphatic rings. The molecule has 1 aliphatic heterocycles. The first-order valence-electron chi connectivity index (χ1n) is 8.33. The summed E-state index contributed by atoms with van der Waals surface area (Å²) in [7, 11) is 0. The van der Waals surface area contributed by atoms with E-state index in [0.29, 0.717) is 5.69 Å². The maximum absolute atomic E-state index is 12.5. The Morgan fingerprint density at radius 3 is 2.52 bits per heavy atom. The van der Waals surface area contributed by atoms with Crippen LogP contribution in [0.1, 0.15) is 46.0 Å². The lowest BCUT2D eigenvalue weighted by atomic mass is 10.0. The molecule has 0 bridgehead atoms. The lowest BCUT2D eigenvalue weighted by Gasteiger charge is -2.14. The minimum atomic E-state index is -0.839. The van der Waals surface area contributed by atoms with Crippen molar-refractivity contribution in [3.63, 3.8) is 0 Å². The Hall–Kier alpha value is -3.55. The van der Waals surface area contributed by atoms with Gasteiger partial charge in [-0.1, -0.05) is 32.0 Å². The van der Waals surface area contributed by atoms with Crippen molar-refractivity contribution in [3.05, 3.63) is 69.3 Å². The zero-order valence-corrected chi connectivity index (χ0v) is 14.8. The Morgan fingerprint density at radius 2 is 1.85 bits per heavy atom. The molecule has 3 amide bonds. The van der Waals surface area contributed by atoms with E-state index in [1.807, 2.05) is 26.0 Å². The van der Waals surface area contributed by atoms with Crippen molar-refractivity contribution in [3.8, 4) is 0 Å². The number of nitro benzene ring substituents is 1. The van der Waals surface area contributed by atoms with Gasteiger partial charge >= 0.3 is 0 Å². The van der Waals surface area contributed by atoms with Gasteiger partial charge in [-0.05, 0) is 29.7 Å². The summed E-state index contributed by atoms with van der Waals surface area (Å²) in [6, 6.07) is 11.1. The second-order valence-corrected chi connectivity index (χ2v) is 6.48. The lowest BCUT2D eigenvalue weighted by molar-refractivity contribution is -0.385. The van der Waals surface area contributed by atoms with E-state index in [1.54, 1.807) is 12.1 Å². The Balaban J connectivity index is 1.79. The molecule has 8 nitrogen and oxygen atoms in total. The monoisotopic (exact) mass is 367 g/mol. The quantitative estimate of drug-likeness (QED) is 0.496. The second-order valence-electron chi connectivity index (χ2n) is 6.48. The summed E-state index contributed by atoms with van der Waals surface area (Å²) in [6.45, 7) is 3.52. The highest BCUT2D eigenvalue weighted by Gasteiger charge is 2.41. The van der Waals surface area contributed by atoms with Crippen LogP contribution in [0.15, 0.2) is 42.5 Å². The molecule has 0 atom stereocenters. The van der Waals surface area contributed by atoms with Crippen LogP contribution in [-0.2, 0) is 4.79 Å². The topological polar surface area (TPSA) is 110 Å². The molecule has 0 saturated heterocycles. The van der Waals surface area contributed by atoms with E-state index in [-0.39, 0.29) is 17.0 Å². The van der Waals surface area contributed by atoms with Crippen molar-refractivity contribution in [2.45, 2.75) is 19.8 Å². The molecule has 0 fully saturated rings. The Labute approximate surface area is 154 Å². The molecule has 3 rings (SSSR count). The van der Waals surface area contributed by atoms with Crippen LogP contribution in [0.4, 0.5) is 11.4 Å².